The van der Waals surface area contributed by atoms with Crippen LogP contribution >= 0.6 is 11.6 Å². The van der Waals surface area contributed by atoms with Crippen molar-refractivity contribution in [2.75, 3.05) is 25.7 Å². The van der Waals surface area contributed by atoms with Gasteiger partial charge in [-0.3, -0.25) is 13.0 Å². The fraction of sp³-hybridized carbons (Fsp3) is 0.579. The van der Waals surface area contributed by atoms with Gasteiger partial charge in [0.2, 0.25) is 0 Å². The first-order valence-corrected chi connectivity index (χ1v) is 13.8. The molecule has 1 aliphatic rings. The molecule has 1 aromatic carbocycles. The standard InChI is InChI=1S/C19H26ClN3O7S2/c1-31(25,26)29-11-18(12-30-32(2,27)28)8-7-16(9-15-3-5-17(20)6-4-15)19(18,24)10-23-14-21-13-22-23/h3-6,13-14,16,24H,7-12H2,1-2H3/t16-,19+/m1/s1. The van der Waals surface area contributed by atoms with Crippen LogP contribution < -0.4 is 0 Å². The molecule has 0 spiro atoms. The van der Waals surface area contributed by atoms with E-state index >= 15 is 0 Å². The quantitative estimate of drug-likeness (QED) is 0.471. The molecule has 0 radical (unpaired) electrons. The number of halogens is 1. The first kappa shape index (κ1) is 25.1. The average Bonchev–Trinajstić information content (AvgIpc) is 3.27. The Morgan fingerprint density at radius 3 is 2.22 bits per heavy atom. The van der Waals surface area contributed by atoms with Gasteiger partial charge in [-0.25, -0.2) is 4.98 Å². The van der Waals surface area contributed by atoms with Gasteiger partial charge in [0.25, 0.3) is 20.2 Å². The Morgan fingerprint density at radius 2 is 1.72 bits per heavy atom. The molecule has 0 saturated heterocycles. The maximum absolute atomic E-state index is 12.1. The summed E-state index contributed by atoms with van der Waals surface area (Å²) in [7, 11) is -7.72. The smallest absolute Gasteiger partial charge is 0.264 e. The van der Waals surface area contributed by atoms with Crippen molar-refractivity contribution in [2.24, 2.45) is 11.3 Å². The van der Waals surface area contributed by atoms with Crippen LogP contribution in [0.1, 0.15) is 18.4 Å². The van der Waals surface area contributed by atoms with E-state index in [0.717, 1.165) is 18.1 Å². The molecule has 1 heterocycles. The minimum atomic E-state index is -3.86. The van der Waals surface area contributed by atoms with E-state index in [9.17, 15) is 21.9 Å². The number of aromatic nitrogens is 3. The molecule has 1 saturated carbocycles. The van der Waals surface area contributed by atoms with Crippen molar-refractivity contribution in [3.63, 3.8) is 0 Å². The Hall–Kier alpha value is -1.57. The molecular weight excluding hydrogens is 482 g/mol. The third-order valence-corrected chi connectivity index (χ3v) is 7.27. The molecule has 1 fully saturated rings. The van der Waals surface area contributed by atoms with E-state index in [2.05, 4.69) is 10.1 Å². The number of hydrogen-bond donors (Lipinski definition) is 1. The Balaban J connectivity index is 2.01. The third-order valence-electron chi connectivity index (χ3n) is 5.93. The maximum Gasteiger partial charge on any atom is 0.264 e. The van der Waals surface area contributed by atoms with Gasteiger partial charge in [-0.1, -0.05) is 23.7 Å². The highest BCUT2D eigenvalue weighted by Gasteiger charge is 2.60. The van der Waals surface area contributed by atoms with Gasteiger partial charge in [0.1, 0.15) is 12.7 Å². The van der Waals surface area contributed by atoms with Gasteiger partial charge < -0.3 is 5.11 Å². The van der Waals surface area contributed by atoms with E-state index in [0.29, 0.717) is 17.9 Å². The number of rotatable bonds is 10. The summed E-state index contributed by atoms with van der Waals surface area (Å²) in [5.74, 6) is -0.376. The van der Waals surface area contributed by atoms with Crippen LogP contribution in [0.3, 0.4) is 0 Å². The molecule has 0 unspecified atom stereocenters. The SMILES string of the molecule is CS(=O)(=O)OCC1(COS(C)(=O)=O)CC[C@H](Cc2ccc(Cl)cc2)[C@@]1(O)Cn1cncn1. The Kier molecular flexibility index (Phi) is 7.32. The van der Waals surface area contributed by atoms with E-state index in [1.807, 2.05) is 12.1 Å². The normalized spacial score (nSPS) is 23.4. The highest BCUT2D eigenvalue weighted by molar-refractivity contribution is 7.86. The maximum atomic E-state index is 12.1. The lowest BCUT2D eigenvalue weighted by Gasteiger charge is -2.44. The number of nitrogens with zero attached hydrogens (tertiary/aromatic N) is 3. The van der Waals surface area contributed by atoms with Crippen LogP contribution in [0, 0.1) is 11.3 Å². The Morgan fingerprint density at radius 1 is 1.12 bits per heavy atom. The van der Waals surface area contributed by atoms with Crippen molar-refractivity contribution in [2.45, 2.75) is 31.4 Å². The molecule has 0 aliphatic heterocycles. The first-order chi connectivity index (χ1) is 14.8. The Labute approximate surface area is 192 Å². The van der Waals surface area contributed by atoms with Crippen LogP contribution in [-0.2, 0) is 41.6 Å². The molecule has 1 N–H and O–H groups in total. The zero-order valence-corrected chi connectivity index (χ0v) is 20.1. The Bertz CT molecular complexity index is 1090. The van der Waals surface area contributed by atoms with E-state index < -0.39 is 44.5 Å². The fourth-order valence-electron chi connectivity index (χ4n) is 4.25. The zero-order chi connectivity index (χ0) is 23.6. The molecule has 0 bridgehead atoms. The predicted molar refractivity (Wildman–Crippen MR) is 117 cm³/mol. The van der Waals surface area contributed by atoms with Crippen molar-refractivity contribution < 1.29 is 30.3 Å². The van der Waals surface area contributed by atoms with E-state index in [1.54, 1.807) is 12.1 Å². The molecule has 0 amide bonds. The first-order valence-electron chi connectivity index (χ1n) is 9.80. The van der Waals surface area contributed by atoms with Gasteiger partial charge in [0, 0.05) is 5.02 Å². The van der Waals surface area contributed by atoms with Crippen molar-refractivity contribution >= 4 is 31.8 Å². The van der Waals surface area contributed by atoms with Crippen LogP contribution in [0.15, 0.2) is 36.9 Å². The average molecular weight is 508 g/mol. The molecular formula is C19H26ClN3O7S2. The van der Waals surface area contributed by atoms with Crippen LogP contribution in [0.2, 0.25) is 5.02 Å². The van der Waals surface area contributed by atoms with Crippen LogP contribution in [0.4, 0.5) is 0 Å². The number of hydrogen-bond acceptors (Lipinski definition) is 9. The van der Waals surface area contributed by atoms with Gasteiger partial charge >= 0.3 is 0 Å². The summed E-state index contributed by atoms with van der Waals surface area (Å²) in [6.45, 7) is -0.932. The molecule has 1 aromatic heterocycles. The summed E-state index contributed by atoms with van der Waals surface area (Å²) in [6, 6.07) is 7.18. The third kappa shape index (κ3) is 6.06. The van der Waals surface area contributed by atoms with Gasteiger partial charge in [-0.15, -0.1) is 0 Å². The lowest BCUT2D eigenvalue weighted by molar-refractivity contribution is -0.134. The molecule has 3 rings (SSSR count). The van der Waals surface area contributed by atoms with Gasteiger partial charge in [0.05, 0.1) is 43.3 Å². The predicted octanol–water partition coefficient (Wildman–Crippen LogP) is 1.25. The highest BCUT2D eigenvalue weighted by atomic mass is 35.5. The molecule has 1 aliphatic carbocycles. The second-order valence-corrected chi connectivity index (χ2v) is 12.0. The zero-order valence-electron chi connectivity index (χ0n) is 17.7. The van der Waals surface area contributed by atoms with Crippen LogP contribution in [-0.4, -0.2) is 68.0 Å². The minimum absolute atomic E-state index is 0.0501. The van der Waals surface area contributed by atoms with E-state index in [4.69, 9.17) is 20.0 Å². The summed E-state index contributed by atoms with van der Waals surface area (Å²) in [5, 5.41) is 16.7. The van der Waals surface area contributed by atoms with Crippen LogP contribution in [0.25, 0.3) is 0 Å². The summed E-state index contributed by atoms with van der Waals surface area (Å²) in [5.41, 5.74) is -2.03. The molecule has 2 aromatic rings. The number of benzene rings is 1. The van der Waals surface area contributed by atoms with Crippen molar-refractivity contribution in [3.05, 3.63) is 47.5 Å². The number of aliphatic hydroxyl groups is 1. The minimum Gasteiger partial charge on any atom is -0.387 e. The van der Waals surface area contributed by atoms with Gasteiger partial charge in [-0.2, -0.15) is 21.9 Å². The largest absolute Gasteiger partial charge is 0.387 e. The van der Waals surface area contributed by atoms with Crippen molar-refractivity contribution in [1.82, 2.24) is 14.8 Å². The second-order valence-electron chi connectivity index (χ2n) is 8.30. The molecule has 13 heteroatoms. The fourth-order valence-corrected chi connectivity index (χ4v) is 5.25. The summed E-state index contributed by atoms with van der Waals surface area (Å²) in [4.78, 5) is 3.90. The lowest BCUT2D eigenvalue weighted by Crippen LogP contribution is -2.56. The molecule has 178 valence electrons. The summed E-state index contributed by atoms with van der Waals surface area (Å²) < 4.78 is 58.6. The van der Waals surface area contributed by atoms with Crippen LogP contribution in [0.5, 0.6) is 0 Å². The monoisotopic (exact) mass is 507 g/mol. The van der Waals surface area contributed by atoms with Crippen molar-refractivity contribution in [1.29, 1.82) is 0 Å². The lowest BCUT2D eigenvalue weighted by atomic mass is 9.71. The summed E-state index contributed by atoms with van der Waals surface area (Å²) in [6.07, 6.45) is 5.74. The molecule has 32 heavy (non-hydrogen) atoms. The summed E-state index contributed by atoms with van der Waals surface area (Å²) >= 11 is 5.98. The highest BCUT2D eigenvalue weighted by Crippen LogP contribution is 2.53. The van der Waals surface area contributed by atoms with Gasteiger partial charge in [-0.05, 0) is 42.9 Å². The van der Waals surface area contributed by atoms with E-state index in [-0.39, 0.29) is 18.9 Å². The van der Waals surface area contributed by atoms with Gasteiger partial charge in [0.15, 0.2) is 0 Å². The van der Waals surface area contributed by atoms with E-state index in [1.165, 1.54) is 17.3 Å². The molecule has 10 nitrogen and oxygen atoms in total. The second kappa shape index (κ2) is 9.35. The molecule has 2 atom stereocenters. The topological polar surface area (TPSA) is 138 Å². The van der Waals surface area contributed by atoms with Crippen molar-refractivity contribution in [3.8, 4) is 0 Å².